The fourth-order valence-corrected chi connectivity index (χ4v) is 9.24. The minimum absolute atomic E-state index is 0.0798. The maximum absolute atomic E-state index is 14.2. The van der Waals surface area contributed by atoms with Crippen LogP contribution in [0.1, 0.15) is 43.2 Å². The van der Waals surface area contributed by atoms with E-state index in [0.29, 0.717) is 36.5 Å². The molecule has 3 fully saturated rings. The predicted octanol–water partition coefficient (Wildman–Crippen LogP) is 5.33. The Bertz CT molecular complexity index is 1660. The van der Waals surface area contributed by atoms with Gasteiger partial charge in [0.1, 0.15) is 11.7 Å². The average molecular weight is 637 g/mol. The molecule has 3 aliphatic carbocycles. The molecule has 2 bridgehead atoms. The smallest absolute Gasteiger partial charge is 0.365 e. The second-order valence-electron chi connectivity index (χ2n) is 13.7. The number of nitrogens with one attached hydrogen (secondary N) is 1. The number of alkyl halides is 3. The average Bonchev–Trinajstić information content (AvgIpc) is 3.37. The Kier molecular flexibility index (Phi) is 7.30. The normalized spacial score (nSPS) is 34.9. The number of quaternary nitrogens is 1. The fourth-order valence-electron chi connectivity index (χ4n) is 9.24. The second kappa shape index (κ2) is 10.9. The maximum Gasteiger partial charge on any atom is 0.421 e. The molecule has 2 aromatic carbocycles. The van der Waals surface area contributed by atoms with Gasteiger partial charge in [0.05, 0.1) is 37.2 Å². The number of hydrogen-bond donors (Lipinski definition) is 2. The highest BCUT2D eigenvalue weighted by molar-refractivity contribution is 5.99. The molecule has 0 radical (unpaired) electrons. The summed E-state index contributed by atoms with van der Waals surface area (Å²) in [7, 11) is 2.23. The van der Waals surface area contributed by atoms with Crippen molar-refractivity contribution in [2.45, 2.75) is 68.7 Å². The van der Waals surface area contributed by atoms with E-state index in [2.05, 4.69) is 24.5 Å². The number of rotatable bonds is 7. The molecule has 46 heavy (non-hydrogen) atoms. The summed E-state index contributed by atoms with van der Waals surface area (Å²) >= 11 is 0. The maximum atomic E-state index is 14.2. The van der Waals surface area contributed by atoms with Gasteiger partial charge in [0, 0.05) is 42.2 Å². The first-order valence-corrected chi connectivity index (χ1v) is 15.9. The number of nitrogens with zero attached hydrogens (tertiary/aromatic N) is 2. The van der Waals surface area contributed by atoms with Crippen LogP contribution in [0.5, 0.6) is 0 Å². The second-order valence-corrected chi connectivity index (χ2v) is 13.7. The number of likely N-dealkylation sites (tertiary alicyclic amines) is 1. The Morgan fingerprint density at radius 2 is 1.85 bits per heavy atom. The molecule has 7 rings (SSSR count). The third kappa shape index (κ3) is 4.82. The first-order valence-electron chi connectivity index (χ1n) is 15.9. The van der Waals surface area contributed by atoms with Gasteiger partial charge >= 0.3 is 6.18 Å². The topological polar surface area (TPSA) is 102 Å². The van der Waals surface area contributed by atoms with Crippen LogP contribution in [0.15, 0.2) is 89.2 Å². The van der Waals surface area contributed by atoms with Gasteiger partial charge in [-0.1, -0.05) is 67.1 Å². The molecule has 242 valence electrons. The van der Waals surface area contributed by atoms with Crippen molar-refractivity contribution in [2.75, 3.05) is 20.1 Å². The van der Waals surface area contributed by atoms with E-state index >= 15 is 0 Å². The first-order chi connectivity index (χ1) is 21.9. The Hall–Kier alpha value is -3.80. The van der Waals surface area contributed by atoms with Gasteiger partial charge in [-0.15, -0.1) is 0 Å². The van der Waals surface area contributed by atoms with Gasteiger partial charge in [0.15, 0.2) is 5.72 Å². The fraction of sp³-hybridized carbons (Fsp3) is 0.457. The molecule has 2 heterocycles. The number of benzene rings is 2. The Morgan fingerprint density at radius 3 is 2.52 bits per heavy atom. The standard InChI is InChI=1S/C35H36F3N3O5/c1-41(17-15-22-9-4-2-5-10-22)18-16-33-25-13-8-14-29(33)46-31-30(33)24(20-28(25)41)27(40(44)45)21-34(31,43)39-32(42)26(35(36,37)38)19-23-11-6-3-7-12-23/h2-7,9-12,19,21,25,28-29,31,43H,8,13-18,20H2,1H3/p+1/t25-,28+,29-,31?,33+,34?,41?/m0/s1. The molecule has 0 aromatic heterocycles. The van der Waals surface area contributed by atoms with E-state index < -0.39 is 39.8 Å². The molecule has 3 unspecified atom stereocenters. The molecule has 1 spiro atoms. The molecular formula is C35H37F3N3O5+. The summed E-state index contributed by atoms with van der Waals surface area (Å²) in [5, 5.41) is 26.8. The SMILES string of the molecule is C[N+]1(CCc2ccccc2)CC[C@@]23C4=C5C[C@@H]1[C@@H]2CCC[C@@H]3OC4C(O)(NC(=O)C(=Cc1ccccc1)C(F)(F)F)C=C5[N+](=O)[O-]. The van der Waals surface area contributed by atoms with E-state index in [1.165, 1.54) is 17.7 Å². The van der Waals surface area contributed by atoms with Crippen LogP contribution in [-0.4, -0.2) is 70.7 Å². The van der Waals surface area contributed by atoms with Crippen molar-refractivity contribution in [2.24, 2.45) is 11.3 Å². The zero-order chi connectivity index (χ0) is 32.5. The number of allylic oxidation sites excluding steroid dienone is 1. The van der Waals surface area contributed by atoms with E-state index in [-0.39, 0.29) is 29.3 Å². The lowest BCUT2D eigenvalue weighted by Gasteiger charge is -2.61. The van der Waals surface area contributed by atoms with Gasteiger partial charge < -0.3 is 19.6 Å². The highest BCUT2D eigenvalue weighted by Gasteiger charge is 2.72. The molecule has 2 aliphatic heterocycles. The zero-order valence-corrected chi connectivity index (χ0v) is 25.5. The highest BCUT2D eigenvalue weighted by Crippen LogP contribution is 2.67. The molecule has 8 nitrogen and oxygen atoms in total. The molecule has 1 saturated carbocycles. The van der Waals surface area contributed by atoms with Crippen LogP contribution in [0.25, 0.3) is 6.08 Å². The number of hydrogen-bond acceptors (Lipinski definition) is 5. The van der Waals surface area contributed by atoms with Crippen molar-refractivity contribution in [3.8, 4) is 0 Å². The summed E-state index contributed by atoms with van der Waals surface area (Å²) in [5.74, 6) is -1.46. The largest absolute Gasteiger partial charge is 0.421 e. The Morgan fingerprint density at radius 1 is 1.15 bits per heavy atom. The van der Waals surface area contributed by atoms with Crippen LogP contribution in [0.4, 0.5) is 13.2 Å². The molecule has 7 atom stereocenters. The number of halogens is 3. The van der Waals surface area contributed by atoms with Crippen molar-refractivity contribution in [1.29, 1.82) is 0 Å². The summed E-state index contributed by atoms with van der Waals surface area (Å²) < 4.78 is 49.9. The molecule has 2 saturated heterocycles. The van der Waals surface area contributed by atoms with Crippen LogP contribution in [0.2, 0.25) is 0 Å². The van der Waals surface area contributed by atoms with E-state index in [0.717, 1.165) is 42.9 Å². The van der Waals surface area contributed by atoms with Gasteiger partial charge in [-0.2, -0.15) is 13.2 Å². The first kappa shape index (κ1) is 30.8. The Balaban J connectivity index is 1.27. The van der Waals surface area contributed by atoms with Gasteiger partial charge in [-0.25, -0.2) is 0 Å². The number of nitro groups is 1. The summed E-state index contributed by atoms with van der Waals surface area (Å²) in [5.41, 5.74) is -2.56. The lowest BCUT2D eigenvalue weighted by molar-refractivity contribution is -0.945. The minimum atomic E-state index is -5.05. The zero-order valence-electron chi connectivity index (χ0n) is 25.5. The summed E-state index contributed by atoms with van der Waals surface area (Å²) in [6, 6.07) is 17.9. The summed E-state index contributed by atoms with van der Waals surface area (Å²) in [4.78, 5) is 25.4. The number of likely N-dealkylation sites (N-methyl/N-ethyl adjacent to an activating group) is 1. The number of carbonyl (C=O) groups excluding carboxylic acids is 1. The predicted molar refractivity (Wildman–Crippen MR) is 163 cm³/mol. The quantitative estimate of drug-likeness (QED) is 0.141. The molecule has 1 amide bonds. The van der Waals surface area contributed by atoms with Gasteiger partial charge in [-0.3, -0.25) is 14.9 Å². The molecule has 2 aromatic rings. The lowest BCUT2D eigenvalue weighted by atomic mass is 9.49. The number of piperidine rings is 1. The van der Waals surface area contributed by atoms with E-state index in [1.807, 2.05) is 18.2 Å². The molecular weight excluding hydrogens is 599 g/mol. The van der Waals surface area contributed by atoms with Crippen molar-refractivity contribution >= 4 is 12.0 Å². The third-order valence-corrected chi connectivity index (χ3v) is 11.3. The number of amides is 1. The lowest BCUT2D eigenvalue weighted by Crippen LogP contribution is -2.69. The van der Waals surface area contributed by atoms with E-state index in [9.17, 15) is 33.2 Å². The minimum Gasteiger partial charge on any atom is -0.365 e. The molecule has 2 N–H and O–H groups in total. The van der Waals surface area contributed by atoms with E-state index in [4.69, 9.17) is 4.74 Å². The number of carbonyl (C=O) groups is 1. The number of ether oxygens (including phenoxy) is 1. The summed E-state index contributed by atoms with van der Waals surface area (Å²) in [6.45, 7) is 1.67. The van der Waals surface area contributed by atoms with Gasteiger partial charge in [0.25, 0.3) is 11.6 Å². The van der Waals surface area contributed by atoms with Crippen LogP contribution < -0.4 is 5.32 Å². The van der Waals surface area contributed by atoms with Crippen molar-refractivity contribution in [1.82, 2.24) is 5.32 Å². The van der Waals surface area contributed by atoms with Crippen molar-refractivity contribution < 1.29 is 37.2 Å². The van der Waals surface area contributed by atoms with Crippen LogP contribution in [0, 0.1) is 21.4 Å². The Labute approximate surface area is 265 Å². The number of aliphatic hydroxyl groups is 1. The third-order valence-electron chi connectivity index (χ3n) is 11.3. The molecule has 11 heteroatoms. The van der Waals surface area contributed by atoms with Crippen molar-refractivity contribution in [3.63, 3.8) is 0 Å². The molecule has 5 aliphatic rings. The summed E-state index contributed by atoms with van der Waals surface area (Å²) in [6.07, 6.45) is -0.651. The van der Waals surface area contributed by atoms with Crippen LogP contribution in [0.3, 0.4) is 0 Å². The van der Waals surface area contributed by atoms with Gasteiger partial charge in [-0.05, 0) is 35.6 Å². The van der Waals surface area contributed by atoms with Crippen LogP contribution in [-0.2, 0) is 16.0 Å². The van der Waals surface area contributed by atoms with Gasteiger partial charge in [0.2, 0.25) is 0 Å². The van der Waals surface area contributed by atoms with Crippen molar-refractivity contribution in [3.05, 3.63) is 110 Å². The van der Waals surface area contributed by atoms with Crippen LogP contribution >= 0.6 is 0 Å². The highest BCUT2D eigenvalue weighted by atomic mass is 19.4. The van der Waals surface area contributed by atoms with E-state index in [1.54, 1.807) is 18.2 Å². The monoisotopic (exact) mass is 636 g/mol.